The summed E-state index contributed by atoms with van der Waals surface area (Å²) in [4.78, 5) is 21.3. The maximum absolute atomic E-state index is 13.6. The van der Waals surface area contributed by atoms with Crippen molar-refractivity contribution in [3.8, 4) is 5.75 Å². The predicted octanol–water partition coefficient (Wildman–Crippen LogP) is 4.58. The van der Waals surface area contributed by atoms with Gasteiger partial charge in [-0.15, -0.1) is 0 Å². The topological polar surface area (TPSA) is 83.4 Å². The van der Waals surface area contributed by atoms with Crippen molar-refractivity contribution in [2.45, 2.75) is 50.5 Å². The van der Waals surface area contributed by atoms with E-state index >= 15 is 0 Å². The first-order valence-electron chi connectivity index (χ1n) is 12.9. The molecule has 3 aromatic carbocycles. The standard InChI is InChI=1S/C29H30ClN3O4/c30-24-15-19(8-12-26(24)37-20-9-10-20)28(34)25(16-33-13-3-4-14-33)31-29(35)27-22-11-7-18-5-1-2-6-21(18)23(22)17-36-32-27/h1-2,5-8,11-12,15,20,25,28,34H,3-4,9-10,13-14,16-17H2,(H,31,35)/t25?,28-/m1/s1. The van der Waals surface area contributed by atoms with Crippen LogP contribution in [0.2, 0.25) is 5.02 Å². The second-order valence-corrected chi connectivity index (χ2v) is 10.5. The Balaban J connectivity index is 1.25. The Hall–Kier alpha value is -3.13. The molecule has 0 aromatic heterocycles. The molecule has 2 atom stereocenters. The van der Waals surface area contributed by atoms with Crippen LogP contribution < -0.4 is 10.1 Å². The van der Waals surface area contributed by atoms with Crippen LogP contribution in [0.3, 0.4) is 0 Å². The van der Waals surface area contributed by atoms with E-state index in [1.165, 1.54) is 0 Å². The molecule has 2 fully saturated rings. The Kier molecular flexibility index (Phi) is 6.76. The first kappa shape index (κ1) is 24.2. The van der Waals surface area contributed by atoms with Gasteiger partial charge in [0.2, 0.25) is 0 Å². The minimum Gasteiger partial charge on any atom is -0.489 e. The van der Waals surface area contributed by atoms with Crippen molar-refractivity contribution < 1.29 is 19.5 Å². The average molecular weight is 520 g/mol. The lowest BCUT2D eigenvalue weighted by Crippen LogP contribution is -2.49. The summed E-state index contributed by atoms with van der Waals surface area (Å²) in [6.45, 7) is 2.70. The lowest BCUT2D eigenvalue weighted by Gasteiger charge is -2.29. The van der Waals surface area contributed by atoms with Crippen molar-refractivity contribution in [3.05, 3.63) is 76.3 Å². The van der Waals surface area contributed by atoms with E-state index in [-0.39, 0.29) is 17.7 Å². The molecule has 1 unspecified atom stereocenters. The molecule has 1 saturated heterocycles. The highest BCUT2D eigenvalue weighted by molar-refractivity contribution is 6.46. The lowest BCUT2D eigenvalue weighted by molar-refractivity contribution is -0.116. The van der Waals surface area contributed by atoms with Crippen LogP contribution in [0.4, 0.5) is 0 Å². The van der Waals surface area contributed by atoms with Crippen LogP contribution in [0.25, 0.3) is 10.8 Å². The van der Waals surface area contributed by atoms with Gasteiger partial charge in [0.25, 0.3) is 5.91 Å². The zero-order chi connectivity index (χ0) is 25.4. The number of nitrogens with zero attached hydrogens (tertiary/aromatic N) is 2. The number of hydrogen-bond acceptors (Lipinski definition) is 6. The largest absolute Gasteiger partial charge is 0.489 e. The average Bonchev–Trinajstić information content (AvgIpc) is 3.60. The molecule has 1 aliphatic carbocycles. The van der Waals surface area contributed by atoms with Crippen molar-refractivity contribution in [3.63, 3.8) is 0 Å². The molecule has 3 aromatic rings. The molecule has 192 valence electrons. The predicted molar refractivity (Wildman–Crippen MR) is 143 cm³/mol. The lowest BCUT2D eigenvalue weighted by atomic mass is 9.95. The summed E-state index contributed by atoms with van der Waals surface area (Å²) in [6.07, 6.45) is 3.56. The fraction of sp³-hybridized carbons (Fsp3) is 0.379. The number of aliphatic hydroxyl groups is 1. The summed E-state index contributed by atoms with van der Waals surface area (Å²) in [5.41, 5.74) is 2.54. The Morgan fingerprint density at radius 1 is 1.16 bits per heavy atom. The van der Waals surface area contributed by atoms with Gasteiger partial charge in [0, 0.05) is 17.7 Å². The minimum atomic E-state index is -0.960. The van der Waals surface area contributed by atoms with Crippen molar-refractivity contribution >= 4 is 34.0 Å². The maximum Gasteiger partial charge on any atom is 0.274 e. The number of likely N-dealkylation sites (tertiary alicyclic amines) is 1. The number of nitrogens with one attached hydrogen (secondary N) is 1. The molecule has 2 N–H and O–H groups in total. The van der Waals surface area contributed by atoms with E-state index < -0.39 is 12.1 Å². The van der Waals surface area contributed by atoms with E-state index in [4.69, 9.17) is 21.2 Å². The minimum absolute atomic E-state index is 0.219. The number of halogens is 1. The Bertz CT molecular complexity index is 1350. The van der Waals surface area contributed by atoms with Crippen LogP contribution >= 0.6 is 11.6 Å². The van der Waals surface area contributed by atoms with E-state index in [0.29, 0.717) is 29.5 Å². The number of fused-ring (bicyclic) bond motifs is 3. The highest BCUT2D eigenvalue weighted by Gasteiger charge is 2.31. The molecule has 7 nitrogen and oxygen atoms in total. The van der Waals surface area contributed by atoms with E-state index in [1.54, 1.807) is 12.1 Å². The number of amides is 1. The summed E-state index contributed by atoms with van der Waals surface area (Å²) in [7, 11) is 0. The molecule has 1 saturated carbocycles. The van der Waals surface area contributed by atoms with Crippen LogP contribution in [0.15, 0.2) is 59.8 Å². The summed E-state index contributed by atoms with van der Waals surface area (Å²) < 4.78 is 5.85. The van der Waals surface area contributed by atoms with Crippen molar-refractivity contribution in [2.24, 2.45) is 5.16 Å². The van der Waals surface area contributed by atoms with E-state index in [0.717, 1.165) is 60.7 Å². The molecule has 1 amide bonds. The van der Waals surface area contributed by atoms with Crippen molar-refractivity contribution in [2.75, 3.05) is 19.6 Å². The highest BCUT2D eigenvalue weighted by Crippen LogP contribution is 2.34. The smallest absolute Gasteiger partial charge is 0.274 e. The molecule has 0 radical (unpaired) electrons. The Labute approximate surface area is 221 Å². The zero-order valence-electron chi connectivity index (χ0n) is 20.5. The van der Waals surface area contributed by atoms with Crippen LogP contribution in [0.1, 0.15) is 48.5 Å². The summed E-state index contributed by atoms with van der Waals surface area (Å²) in [6, 6.07) is 16.7. The fourth-order valence-corrected chi connectivity index (χ4v) is 5.42. The summed E-state index contributed by atoms with van der Waals surface area (Å²) >= 11 is 6.48. The fourth-order valence-electron chi connectivity index (χ4n) is 5.19. The number of benzene rings is 3. The summed E-state index contributed by atoms with van der Waals surface area (Å²) in [5, 5.41) is 21.2. The van der Waals surface area contributed by atoms with Crippen LogP contribution in [0, 0.1) is 0 Å². The molecule has 8 heteroatoms. The highest BCUT2D eigenvalue weighted by atomic mass is 35.5. The number of hydrogen-bond donors (Lipinski definition) is 2. The first-order chi connectivity index (χ1) is 18.1. The normalized spacial score (nSPS) is 19.0. The molecule has 0 spiro atoms. The van der Waals surface area contributed by atoms with Gasteiger partial charge in [-0.25, -0.2) is 0 Å². The van der Waals surface area contributed by atoms with Gasteiger partial charge in [-0.2, -0.15) is 0 Å². The Morgan fingerprint density at radius 3 is 2.76 bits per heavy atom. The number of aliphatic hydroxyl groups excluding tert-OH is 1. The second kappa shape index (κ2) is 10.3. The second-order valence-electron chi connectivity index (χ2n) is 10.1. The number of rotatable bonds is 8. The van der Waals surface area contributed by atoms with E-state index in [2.05, 4.69) is 15.4 Å². The van der Waals surface area contributed by atoms with Gasteiger partial charge >= 0.3 is 0 Å². The van der Waals surface area contributed by atoms with Gasteiger partial charge in [-0.1, -0.05) is 59.2 Å². The molecular weight excluding hydrogens is 490 g/mol. The first-order valence-corrected chi connectivity index (χ1v) is 13.3. The summed E-state index contributed by atoms with van der Waals surface area (Å²) in [5.74, 6) is 0.247. The van der Waals surface area contributed by atoms with Gasteiger partial charge < -0.3 is 24.9 Å². The van der Waals surface area contributed by atoms with Gasteiger partial charge in [0.15, 0.2) is 5.71 Å². The number of carbonyl (C=O) groups excluding carboxylic acids is 1. The molecule has 2 aliphatic heterocycles. The quantitative estimate of drug-likeness (QED) is 0.455. The van der Waals surface area contributed by atoms with Crippen molar-refractivity contribution in [1.29, 1.82) is 0 Å². The molecule has 3 aliphatic rings. The number of ether oxygens (including phenoxy) is 1. The van der Waals surface area contributed by atoms with E-state index in [9.17, 15) is 9.90 Å². The number of oxime groups is 1. The third kappa shape index (κ3) is 5.17. The molecule has 0 bridgehead atoms. The van der Waals surface area contributed by atoms with Crippen LogP contribution in [0.5, 0.6) is 5.75 Å². The third-order valence-corrected chi connectivity index (χ3v) is 7.64. The van der Waals surface area contributed by atoms with Crippen molar-refractivity contribution in [1.82, 2.24) is 10.2 Å². The monoisotopic (exact) mass is 519 g/mol. The zero-order valence-corrected chi connectivity index (χ0v) is 21.3. The third-order valence-electron chi connectivity index (χ3n) is 7.34. The molecule has 2 heterocycles. The number of carbonyl (C=O) groups is 1. The van der Waals surface area contributed by atoms with Crippen LogP contribution in [-0.2, 0) is 16.2 Å². The molecule has 37 heavy (non-hydrogen) atoms. The molecule has 6 rings (SSSR count). The maximum atomic E-state index is 13.6. The van der Waals surface area contributed by atoms with Gasteiger partial charge in [-0.3, -0.25) is 4.79 Å². The Morgan fingerprint density at radius 2 is 1.97 bits per heavy atom. The van der Waals surface area contributed by atoms with Gasteiger partial charge in [-0.05, 0) is 67.2 Å². The van der Waals surface area contributed by atoms with Crippen LogP contribution in [-0.4, -0.2) is 53.4 Å². The van der Waals surface area contributed by atoms with E-state index in [1.807, 2.05) is 42.5 Å². The van der Waals surface area contributed by atoms with Gasteiger partial charge in [0.05, 0.1) is 17.2 Å². The molecular formula is C29H30ClN3O4. The van der Waals surface area contributed by atoms with Gasteiger partial charge in [0.1, 0.15) is 18.5 Å². The SMILES string of the molecule is O=C(NC(CN1CCCC1)[C@H](O)c1ccc(OC2CC2)c(Cl)c1)C1=NOCc2c1ccc1ccccc21.